The van der Waals surface area contributed by atoms with E-state index in [1.54, 1.807) is 0 Å². The Morgan fingerprint density at radius 3 is 3.00 bits per heavy atom. The first-order chi connectivity index (χ1) is 6.70. The van der Waals surface area contributed by atoms with Crippen molar-refractivity contribution in [1.82, 2.24) is 5.32 Å². The second kappa shape index (κ2) is 5.78. The number of aliphatic carboxylic acids is 1. The summed E-state index contributed by atoms with van der Waals surface area (Å²) in [7, 11) is 0. The fraction of sp³-hybridized carbons (Fsp3) is 0.700. The molecule has 0 amide bonds. The van der Waals surface area contributed by atoms with Crippen molar-refractivity contribution in [3.63, 3.8) is 0 Å². The van der Waals surface area contributed by atoms with Gasteiger partial charge in [0, 0.05) is 6.54 Å². The Balaban J connectivity index is 2.08. The van der Waals surface area contributed by atoms with Gasteiger partial charge in [-0.3, -0.25) is 4.79 Å². The molecule has 0 radical (unpaired) electrons. The van der Waals surface area contributed by atoms with Crippen LogP contribution in [0.15, 0.2) is 12.2 Å². The molecule has 80 valence electrons. The summed E-state index contributed by atoms with van der Waals surface area (Å²) in [5.74, 6) is -0.304. The van der Waals surface area contributed by atoms with Gasteiger partial charge in [0.25, 0.3) is 0 Å². The van der Waals surface area contributed by atoms with E-state index in [2.05, 4.69) is 17.5 Å². The maximum atomic E-state index is 10.4. The summed E-state index contributed by atoms with van der Waals surface area (Å²) in [6.07, 6.45) is 7.80. The number of carbonyl (C=O) groups is 1. The lowest BCUT2D eigenvalue weighted by Gasteiger charge is -2.18. The van der Waals surface area contributed by atoms with E-state index in [1.165, 1.54) is 6.42 Å². The molecule has 1 aliphatic rings. The van der Waals surface area contributed by atoms with Crippen LogP contribution in [0.1, 0.15) is 19.3 Å². The maximum Gasteiger partial charge on any atom is 0.321 e. The van der Waals surface area contributed by atoms with Gasteiger partial charge in [0.1, 0.15) is 6.04 Å². The molecule has 0 fully saturated rings. The molecule has 2 atom stereocenters. The van der Waals surface area contributed by atoms with Crippen LogP contribution in [-0.4, -0.2) is 30.2 Å². The highest BCUT2D eigenvalue weighted by Crippen LogP contribution is 2.16. The van der Waals surface area contributed by atoms with Gasteiger partial charge in [-0.05, 0) is 31.7 Å². The standard InChI is InChI=1S/C10H18N2O2/c11-9(10(13)14)7-12-6-8-4-2-1-3-5-8/h1-2,8-9,12H,3-7,11H2,(H,13,14). The highest BCUT2D eigenvalue weighted by atomic mass is 16.4. The van der Waals surface area contributed by atoms with E-state index >= 15 is 0 Å². The number of hydrogen-bond donors (Lipinski definition) is 3. The van der Waals surface area contributed by atoms with E-state index in [0.29, 0.717) is 12.5 Å². The van der Waals surface area contributed by atoms with Crippen molar-refractivity contribution in [3.8, 4) is 0 Å². The van der Waals surface area contributed by atoms with Gasteiger partial charge in [0.15, 0.2) is 0 Å². The molecule has 0 aromatic carbocycles. The van der Waals surface area contributed by atoms with Crippen molar-refractivity contribution in [1.29, 1.82) is 0 Å². The van der Waals surface area contributed by atoms with Crippen molar-refractivity contribution < 1.29 is 9.90 Å². The van der Waals surface area contributed by atoms with Crippen LogP contribution >= 0.6 is 0 Å². The van der Waals surface area contributed by atoms with Gasteiger partial charge in [-0.1, -0.05) is 12.2 Å². The lowest BCUT2D eigenvalue weighted by Crippen LogP contribution is -2.41. The largest absolute Gasteiger partial charge is 0.480 e. The topological polar surface area (TPSA) is 75.3 Å². The highest BCUT2D eigenvalue weighted by Gasteiger charge is 2.13. The molecule has 0 bridgehead atoms. The molecule has 1 rings (SSSR count). The van der Waals surface area contributed by atoms with Gasteiger partial charge in [0.05, 0.1) is 0 Å². The van der Waals surface area contributed by atoms with Crippen LogP contribution in [0.2, 0.25) is 0 Å². The predicted molar refractivity (Wildman–Crippen MR) is 55.0 cm³/mol. The van der Waals surface area contributed by atoms with Crippen LogP contribution in [0.25, 0.3) is 0 Å². The Hall–Kier alpha value is -0.870. The number of rotatable bonds is 5. The SMILES string of the molecule is NC(CNCC1CC=CCC1)C(=O)O. The fourth-order valence-corrected chi connectivity index (χ4v) is 1.57. The molecule has 14 heavy (non-hydrogen) atoms. The third-order valence-corrected chi connectivity index (χ3v) is 2.49. The smallest absolute Gasteiger partial charge is 0.321 e. The van der Waals surface area contributed by atoms with Crippen molar-refractivity contribution in [2.45, 2.75) is 25.3 Å². The molecular weight excluding hydrogens is 180 g/mol. The Kier molecular flexibility index (Phi) is 4.62. The van der Waals surface area contributed by atoms with Crippen molar-refractivity contribution in [3.05, 3.63) is 12.2 Å². The van der Waals surface area contributed by atoms with E-state index in [0.717, 1.165) is 19.4 Å². The first-order valence-corrected chi connectivity index (χ1v) is 5.04. The van der Waals surface area contributed by atoms with Crippen LogP contribution in [0, 0.1) is 5.92 Å². The molecular formula is C10H18N2O2. The molecule has 2 unspecified atom stereocenters. The van der Waals surface area contributed by atoms with E-state index < -0.39 is 12.0 Å². The number of carboxylic acid groups (broad SMARTS) is 1. The Morgan fingerprint density at radius 1 is 1.64 bits per heavy atom. The number of nitrogens with two attached hydrogens (primary N) is 1. The van der Waals surface area contributed by atoms with Gasteiger partial charge in [-0.15, -0.1) is 0 Å². The van der Waals surface area contributed by atoms with Crippen LogP contribution in [0.3, 0.4) is 0 Å². The van der Waals surface area contributed by atoms with Gasteiger partial charge in [0.2, 0.25) is 0 Å². The highest BCUT2D eigenvalue weighted by molar-refractivity contribution is 5.73. The first-order valence-electron chi connectivity index (χ1n) is 5.04. The zero-order chi connectivity index (χ0) is 10.4. The fourth-order valence-electron chi connectivity index (χ4n) is 1.57. The van der Waals surface area contributed by atoms with E-state index in [9.17, 15) is 4.79 Å². The number of hydrogen-bond acceptors (Lipinski definition) is 3. The second-order valence-corrected chi connectivity index (χ2v) is 3.75. The molecule has 4 heteroatoms. The van der Waals surface area contributed by atoms with Crippen LogP contribution in [0.5, 0.6) is 0 Å². The summed E-state index contributed by atoms with van der Waals surface area (Å²) >= 11 is 0. The van der Waals surface area contributed by atoms with Crippen LogP contribution in [0.4, 0.5) is 0 Å². The average Bonchev–Trinajstić information content (AvgIpc) is 2.19. The minimum Gasteiger partial charge on any atom is -0.480 e. The van der Waals surface area contributed by atoms with Gasteiger partial charge in [-0.25, -0.2) is 0 Å². The van der Waals surface area contributed by atoms with Gasteiger partial charge >= 0.3 is 5.97 Å². The second-order valence-electron chi connectivity index (χ2n) is 3.75. The Labute approximate surface area is 84.2 Å². The number of carboxylic acids is 1. The third kappa shape index (κ3) is 3.89. The summed E-state index contributed by atoms with van der Waals surface area (Å²) in [5, 5.41) is 11.6. The minimum absolute atomic E-state index is 0.357. The van der Waals surface area contributed by atoms with E-state index in [4.69, 9.17) is 10.8 Å². The van der Waals surface area contributed by atoms with Crippen LogP contribution in [-0.2, 0) is 4.79 Å². The molecule has 0 spiro atoms. The lowest BCUT2D eigenvalue weighted by atomic mass is 9.94. The monoisotopic (exact) mass is 198 g/mol. The van der Waals surface area contributed by atoms with Crippen molar-refractivity contribution >= 4 is 5.97 Å². The summed E-state index contributed by atoms with van der Waals surface area (Å²) in [5.41, 5.74) is 5.36. The maximum absolute atomic E-state index is 10.4. The number of nitrogens with one attached hydrogen (secondary N) is 1. The number of allylic oxidation sites excluding steroid dienone is 2. The van der Waals surface area contributed by atoms with E-state index in [1.807, 2.05) is 0 Å². The van der Waals surface area contributed by atoms with Crippen molar-refractivity contribution in [2.75, 3.05) is 13.1 Å². The quantitative estimate of drug-likeness (QED) is 0.557. The zero-order valence-corrected chi connectivity index (χ0v) is 8.28. The lowest BCUT2D eigenvalue weighted by molar-refractivity contribution is -0.138. The Morgan fingerprint density at radius 2 is 2.43 bits per heavy atom. The minimum atomic E-state index is -0.943. The third-order valence-electron chi connectivity index (χ3n) is 2.49. The normalized spacial score (nSPS) is 23.4. The first kappa shape index (κ1) is 11.2. The summed E-state index contributed by atoms with van der Waals surface area (Å²) in [6, 6.07) is -0.783. The molecule has 0 saturated carbocycles. The van der Waals surface area contributed by atoms with Gasteiger partial charge in [-0.2, -0.15) is 0 Å². The van der Waals surface area contributed by atoms with Crippen LogP contribution < -0.4 is 11.1 Å². The summed E-state index contributed by atoms with van der Waals surface area (Å²) in [4.78, 5) is 10.4. The molecule has 0 saturated heterocycles. The molecule has 4 nitrogen and oxygen atoms in total. The molecule has 0 aromatic heterocycles. The zero-order valence-electron chi connectivity index (χ0n) is 8.28. The van der Waals surface area contributed by atoms with Crippen molar-refractivity contribution in [2.24, 2.45) is 11.7 Å². The molecule has 0 aliphatic heterocycles. The summed E-state index contributed by atoms with van der Waals surface area (Å²) in [6.45, 7) is 1.22. The Bertz CT molecular complexity index is 216. The molecule has 1 aliphatic carbocycles. The molecule has 4 N–H and O–H groups in total. The predicted octanol–water partition coefficient (Wildman–Crippen LogP) is 0.344. The molecule has 0 heterocycles. The average molecular weight is 198 g/mol. The van der Waals surface area contributed by atoms with E-state index in [-0.39, 0.29) is 0 Å². The molecule has 0 aromatic rings. The van der Waals surface area contributed by atoms with Gasteiger partial charge < -0.3 is 16.2 Å². The summed E-state index contributed by atoms with van der Waals surface area (Å²) < 4.78 is 0.